The van der Waals surface area contributed by atoms with E-state index < -0.39 is 0 Å². The van der Waals surface area contributed by atoms with E-state index >= 15 is 0 Å². The van der Waals surface area contributed by atoms with Gasteiger partial charge < -0.3 is 9.30 Å². The average molecular weight is 482 g/mol. The zero-order valence-electron chi connectivity index (χ0n) is 21.5. The molecule has 2 aromatic heterocycles. The second-order valence-electron chi connectivity index (χ2n) is 9.54. The van der Waals surface area contributed by atoms with Crippen LogP contribution in [0.2, 0.25) is 0 Å². The van der Waals surface area contributed by atoms with Crippen molar-refractivity contribution >= 4 is 11.3 Å². The third-order valence-electron chi connectivity index (χ3n) is 6.90. The van der Waals surface area contributed by atoms with Gasteiger partial charge in [0.05, 0.1) is 7.11 Å². The summed E-state index contributed by atoms with van der Waals surface area (Å²) < 4.78 is 7.54. The fourth-order valence-corrected chi connectivity index (χ4v) is 5.94. The van der Waals surface area contributed by atoms with Crippen molar-refractivity contribution in [3.8, 4) is 16.9 Å². The van der Waals surface area contributed by atoms with E-state index in [4.69, 9.17) is 4.74 Å². The molecule has 1 unspecified atom stereocenters. The minimum atomic E-state index is 0.563. The second-order valence-corrected chi connectivity index (χ2v) is 10.5. The minimum absolute atomic E-state index is 0.563. The van der Waals surface area contributed by atoms with Crippen LogP contribution in [0.15, 0.2) is 42.3 Å². The van der Waals surface area contributed by atoms with Crippen LogP contribution in [0.1, 0.15) is 100 Å². The first-order valence-electron chi connectivity index (χ1n) is 13.3. The van der Waals surface area contributed by atoms with Crippen molar-refractivity contribution in [2.75, 3.05) is 7.11 Å². The molecule has 0 saturated heterocycles. The van der Waals surface area contributed by atoms with Gasteiger partial charge >= 0.3 is 0 Å². The van der Waals surface area contributed by atoms with Gasteiger partial charge in [-0.3, -0.25) is 0 Å². The summed E-state index contributed by atoms with van der Waals surface area (Å²) in [5.41, 5.74) is 4.00. The predicted molar refractivity (Wildman–Crippen MR) is 145 cm³/mol. The molecule has 186 valence electrons. The Morgan fingerprint density at radius 1 is 0.853 bits per heavy atom. The quantitative estimate of drug-likeness (QED) is 0.181. The maximum absolute atomic E-state index is 5.43. The largest absolute Gasteiger partial charge is 0.497 e. The van der Waals surface area contributed by atoms with E-state index in [2.05, 4.69) is 58.3 Å². The Balaban J connectivity index is 1.58. The highest BCUT2D eigenvalue weighted by Crippen LogP contribution is 2.40. The topological polar surface area (TPSA) is 39.9 Å². The molecule has 0 bridgehead atoms. The van der Waals surface area contributed by atoms with Gasteiger partial charge in [0.2, 0.25) is 0 Å². The average Bonchev–Trinajstić information content (AvgIpc) is 3.54. The van der Waals surface area contributed by atoms with Gasteiger partial charge in [-0.1, -0.05) is 77.2 Å². The summed E-state index contributed by atoms with van der Waals surface area (Å²) in [7, 11) is 1.73. The van der Waals surface area contributed by atoms with Crippen LogP contribution in [0.25, 0.3) is 11.1 Å². The zero-order valence-corrected chi connectivity index (χ0v) is 22.3. The first-order chi connectivity index (χ1) is 16.7. The summed E-state index contributed by atoms with van der Waals surface area (Å²) in [5.74, 6) is 1.49. The van der Waals surface area contributed by atoms with Gasteiger partial charge in [-0.15, -0.1) is 21.5 Å². The molecule has 0 aliphatic heterocycles. The number of thiophene rings is 1. The van der Waals surface area contributed by atoms with Crippen LogP contribution in [0.3, 0.4) is 0 Å². The van der Waals surface area contributed by atoms with Crippen LogP contribution in [0.4, 0.5) is 0 Å². The van der Waals surface area contributed by atoms with Gasteiger partial charge in [-0.25, -0.2) is 0 Å². The van der Waals surface area contributed by atoms with Crippen LogP contribution in [0.5, 0.6) is 5.75 Å². The molecule has 0 spiro atoms. The number of nitrogens with zero attached hydrogens (tertiary/aromatic N) is 3. The van der Waals surface area contributed by atoms with E-state index in [0.717, 1.165) is 18.7 Å². The maximum Gasteiger partial charge on any atom is 0.119 e. The standard InChI is InChI=1S/C29H43N3OS/c1-4-5-6-7-8-9-10-11-12-13-14-25(17-19-32-22-30-31-23-32)29-28(18-20-34-29)27-16-15-26(33-3)21-24(27)2/h15-16,18,20-23,25H,4-14,17,19H2,1-3H3. The fraction of sp³-hybridized carbons (Fsp3) is 0.586. The number of benzene rings is 1. The second kappa shape index (κ2) is 15.0. The molecule has 1 atom stereocenters. The van der Waals surface area contributed by atoms with Crippen molar-refractivity contribution in [2.24, 2.45) is 0 Å². The smallest absolute Gasteiger partial charge is 0.119 e. The lowest BCUT2D eigenvalue weighted by Gasteiger charge is -2.19. The zero-order chi connectivity index (χ0) is 24.0. The summed E-state index contributed by atoms with van der Waals surface area (Å²) in [6.07, 6.45) is 19.9. The maximum atomic E-state index is 5.43. The highest BCUT2D eigenvalue weighted by Gasteiger charge is 2.19. The Hall–Kier alpha value is -2.14. The molecule has 0 fully saturated rings. The SMILES string of the molecule is CCCCCCCCCCCCC(CCn1cnnc1)c1sccc1-c1ccc(OC)cc1C. The molecule has 1 aromatic carbocycles. The van der Waals surface area contributed by atoms with Gasteiger partial charge in [0.15, 0.2) is 0 Å². The van der Waals surface area contributed by atoms with Crippen molar-refractivity contribution < 1.29 is 4.74 Å². The van der Waals surface area contributed by atoms with Crippen molar-refractivity contribution in [1.29, 1.82) is 0 Å². The van der Waals surface area contributed by atoms with Crippen molar-refractivity contribution in [1.82, 2.24) is 14.8 Å². The van der Waals surface area contributed by atoms with E-state index in [1.54, 1.807) is 7.11 Å². The predicted octanol–water partition coefficient (Wildman–Crippen LogP) is 8.81. The van der Waals surface area contributed by atoms with Crippen LogP contribution >= 0.6 is 11.3 Å². The molecule has 4 nitrogen and oxygen atoms in total. The molecule has 0 aliphatic carbocycles. The number of aromatic nitrogens is 3. The van der Waals surface area contributed by atoms with Crippen molar-refractivity contribution in [3.63, 3.8) is 0 Å². The van der Waals surface area contributed by atoms with Gasteiger partial charge in [-0.2, -0.15) is 0 Å². The Morgan fingerprint density at radius 2 is 1.53 bits per heavy atom. The first kappa shape index (κ1) is 26.5. The molecule has 0 aliphatic rings. The van der Waals surface area contributed by atoms with E-state index in [-0.39, 0.29) is 0 Å². The summed E-state index contributed by atoms with van der Waals surface area (Å²) in [6, 6.07) is 8.75. The van der Waals surface area contributed by atoms with Crippen LogP contribution in [0, 0.1) is 6.92 Å². The van der Waals surface area contributed by atoms with E-state index in [1.165, 1.54) is 92.2 Å². The molecule has 0 amide bonds. The summed E-state index contributed by atoms with van der Waals surface area (Å²) in [5, 5.41) is 10.2. The number of hydrogen-bond acceptors (Lipinski definition) is 4. The molecule has 0 N–H and O–H groups in total. The highest BCUT2D eigenvalue weighted by atomic mass is 32.1. The Morgan fingerprint density at radius 3 is 2.18 bits per heavy atom. The molecule has 0 radical (unpaired) electrons. The fourth-order valence-electron chi connectivity index (χ4n) is 4.85. The molecule has 5 heteroatoms. The Kier molecular flexibility index (Phi) is 11.7. The summed E-state index contributed by atoms with van der Waals surface area (Å²) in [6.45, 7) is 5.44. The Bertz CT molecular complexity index is 935. The number of ether oxygens (including phenoxy) is 1. The van der Waals surface area contributed by atoms with Crippen LogP contribution in [-0.4, -0.2) is 21.9 Å². The number of aryl methyl sites for hydroxylation is 2. The lowest BCUT2D eigenvalue weighted by atomic mass is 9.90. The lowest BCUT2D eigenvalue weighted by molar-refractivity contribution is 0.414. The first-order valence-corrected chi connectivity index (χ1v) is 14.2. The molecule has 3 aromatic rings. The molecule has 34 heavy (non-hydrogen) atoms. The lowest BCUT2D eigenvalue weighted by Crippen LogP contribution is -2.05. The third kappa shape index (κ3) is 8.26. The van der Waals surface area contributed by atoms with Gasteiger partial charge in [-0.05, 0) is 66.0 Å². The highest BCUT2D eigenvalue weighted by molar-refractivity contribution is 7.10. The van der Waals surface area contributed by atoms with E-state index in [9.17, 15) is 0 Å². The van der Waals surface area contributed by atoms with E-state index in [0.29, 0.717) is 5.92 Å². The Labute approximate surface area is 210 Å². The van der Waals surface area contributed by atoms with Crippen molar-refractivity contribution in [3.05, 3.63) is 52.7 Å². The molecule has 0 saturated carbocycles. The number of unbranched alkanes of at least 4 members (excludes halogenated alkanes) is 9. The number of methoxy groups -OCH3 is 1. The monoisotopic (exact) mass is 481 g/mol. The van der Waals surface area contributed by atoms with Gasteiger partial charge in [0.1, 0.15) is 18.4 Å². The minimum Gasteiger partial charge on any atom is -0.497 e. The summed E-state index contributed by atoms with van der Waals surface area (Å²) >= 11 is 1.92. The van der Waals surface area contributed by atoms with E-state index in [1.807, 2.05) is 24.0 Å². The number of hydrogen-bond donors (Lipinski definition) is 0. The van der Waals surface area contributed by atoms with Crippen molar-refractivity contribution in [2.45, 2.75) is 103 Å². The molecule has 2 heterocycles. The van der Waals surface area contributed by atoms with Crippen LogP contribution < -0.4 is 4.74 Å². The summed E-state index contributed by atoms with van der Waals surface area (Å²) in [4.78, 5) is 1.53. The normalized spacial score (nSPS) is 12.2. The van der Waals surface area contributed by atoms with Gasteiger partial charge in [0, 0.05) is 11.4 Å². The van der Waals surface area contributed by atoms with Crippen LogP contribution in [-0.2, 0) is 6.54 Å². The van der Waals surface area contributed by atoms with Gasteiger partial charge in [0.25, 0.3) is 0 Å². The molecular weight excluding hydrogens is 438 g/mol. The number of rotatable bonds is 17. The third-order valence-corrected chi connectivity index (χ3v) is 7.98. The molecule has 3 rings (SSSR count). The molecular formula is C29H43N3OS.